The highest BCUT2D eigenvalue weighted by Crippen LogP contribution is 2.20. The maximum absolute atomic E-state index is 11.6. The molecule has 0 saturated heterocycles. The van der Waals surface area contributed by atoms with Gasteiger partial charge in [0.1, 0.15) is 5.76 Å². The molecule has 0 N–H and O–H groups in total. The van der Waals surface area contributed by atoms with Gasteiger partial charge in [-0.25, -0.2) is 4.79 Å². The zero-order chi connectivity index (χ0) is 17.6. The normalized spacial score (nSPS) is 11.3. The van der Waals surface area contributed by atoms with Gasteiger partial charge >= 0.3 is 5.97 Å². The van der Waals surface area contributed by atoms with Gasteiger partial charge in [-0.2, -0.15) is 4.98 Å². The summed E-state index contributed by atoms with van der Waals surface area (Å²) in [4.78, 5) is 15.9. The van der Waals surface area contributed by atoms with Crippen LogP contribution in [0.5, 0.6) is 0 Å². The zero-order valence-corrected chi connectivity index (χ0v) is 14.0. The third kappa shape index (κ3) is 4.44. The summed E-state index contributed by atoms with van der Waals surface area (Å²) in [6, 6.07) is 11.4. The van der Waals surface area contributed by atoms with E-state index >= 15 is 0 Å². The van der Waals surface area contributed by atoms with Crippen LogP contribution in [0.1, 0.15) is 37.0 Å². The number of hydrogen-bond acceptors (Lipinski definition) is 6. The molecular weight excluding hydrogens is 320 g/mol. The van der Waals surface area contributed by atoms with Crippen molar-refractivity contribution in [2.24, 2.45) is 0 Å². The summed E-state index contributed by atoms with van der Waals surface area (Å²) in [5.74, 6) is 1.22. The molecule has 6 heteroatoms. The zero-order valence-electron chi connectivity index (χ0n) is 14.0. The van der Waals surface area contributed by atoms with Gasteiger partial charge in [-0.05, 0) is 29.7 Å². The van der Waals surface area contributed by atoms with Crippen LogP contribution in [-0.2, 0) is 16.1 Å². The number of carbonyl (C=O) groups excluding carboxylic acids is 1. The highest BCUT2D eigenvalue weighted by molar-refractivity contribution is 5.86. The first-order valence-electron chi connectivity index (χ1n) is 7.93. The van der Waals surface area contributed by atoms with E-state index in [1.54, 1.807) is 12.1 Å². The van der Waals surface area contributed by atoms with E-state index in [9.17, 15) is 4.79 Å². The van der Waals surface area contributed by atoms with Crippen molar-refractivity contribution in [3.05, 3.63) is 66.0 Å². The summed E-state index contributed by atoms with van der Waals surface area (Å²) in [7, 11) is 0. The van der Waals surface area contributed by atoms with Crippen LogP contribution in [0.4, 0.5) is 0 Å². The first-order chi connectivity index (χ1) is 12.1. The van der Waals surface area contributed by atoms with E-state index in [-0.39, 0.29) is 12.5 Å². The van der Waals surface area contributed by atoms with Crippen LogP contribution >= 0.6 is 0 Å². The summed E-state index contributed by atoms with van der Waals surface area (Å²) >= 11 is 0. The Bertz CT molecular complexity index is 846. The monoisotopic (exact) mass is 338 g/mol. The molecule has 3 rings (SSSR count). The number of hydrogen-bond donors (Lipinski definition) is 0. The number of esters is 1. The maximum atomic E-state index is 11.6. The van der Waals surface area contributed by atoms with E-state index in [1.807, 2.05) is 24.3 Å². The number of furan rings is 1. The van der Waals surface area contributed by atoms with Gasteiger partial charge in [-0.15, -0.1) is 0 Å². The maximum Gasteiger partial charge on any atom is 0.331 e. The number of ether oxygens (including phenoxy) is 1. The minimum Gasteiger partial charge on any atom is -0.465 e. The Morgan fingerprint density at radius 2 is 2.04 bits per heavy atom. The van der Waals surface area contributed by atoms with Crippen molar-refractivity contribution in [2.75, 3.05) is 0 Å². The molecule has 0 unspecified atom stereocenters. The number of aromatic nitrogens is 2. The second kappa shape index (κ2) is 7.61. The van der Waals surface area contributed by atoms with Crippen molar-refractivity contribution in [1.82, 2.24) is 10.1 Å². The molecule has 128 valence electrons. The molecule has 0 atom stereocenters. The smallest absolute Gasteiger partial charge is 0.331 e. The molecule has 0 radical (unpaired) electrons. The number of rotatable bonds is 6. The number of benzene rings is 1. The highest BCUT2D eigenvalue weighted by Gasteiger charge is 2.10. The van der Waals surface area contributed by atoms with Crippen LogP contribution in [0, 0.1) is 0 Å². The quantitative estimate of drug-likeness (QED) is 0.495. The fourth-order valence-electron chi connectivity index (χ4n) is 2.17. The molecule has 0 amide bonds. The summed E-state index contributed by atoms with van der Waals surface area (Å²) < 4.78 is 15.3. The van der Waals surface area contributed by atoms with Crippen LogP contribution < -0.4 is 0 Å². The lowest BCUT2D eigenvalue weighted by Gasteiger charge is -2.04. The van der Waals surface area contributed by atoms with E-state index in [2.05, 4.69) is 24.0 Å². The predicted octanol–water partition coefficient (Wildman–Crippen LogP) is 4.21. The third-order valence-corrected chi connectivity index (χ3v) is 3.57. The lowest BCUT2D eigenvalue weighted by molar-refractivity contribution is -0.139. The molecule has 0 aliphatic rings. The summed E-state index contributed by atoms with van der Waals surface area (Å²) in [5.41, 5.74) is 2.09. The van der Waals surface area contributed by atoms with Crippen LogP contribution in [0.25, 0.3) is 17.5 Å². The van der Waals surface area contributed by atoms with Gasteiger partial charge in [0, 0.05) is 11.6 Å². The lowest BCUT2D eigenvalue weighted by Crippen LogP contribution is -2.00. The van der Waals surface area contributed by atoms with Gasteiger partial charge in [-0.1, -0.05) is 43.3 Å². The van der Waals surface area contributed by atoms with Gasteiger partial charge in [0.25, 0.3) is 5.89 Å². The molecule has 0 saturated carbocycles. The summed E-state index contributed by atoms with van der Waals surface area (Å²) in [6.07, 6.45) is 4.33. The van der Waals surface area contributed by atoms with E-state index < -0.39 is 5.97 Å². The Hall–Kier alpha value is -3.15. The van der Waals surface area contributed by atoms with E-state index in [4.69, 9.17) is 13.7 Å². The minimum absolute atomic E-state index is 0.0849. The molecule has 2 heterocycles. The molecule has 2 aromatic heterocycles. The van der Waals surface area contributed by atoms with Crippen molar-refractivity contribution in [1.29, 1.82) is 0 Å². The molecule has 1 aromatic carbocycles. The largest absolute Gasteiger partial charge is 0.465 e. The second-order valence-corrected chi connectivity index (χ2v) is 5.74. The Kier molecular flexibility index (Phi) is 5.09. The lowest BCUT2D eigenvalue weighted by atomic mass is 10.0. The van der Waals surface area contributed by atoms with Crippen molar-refractivity contribution in [2.45, 2.75) is 26.4 Å². The predicted molar refractivity (Wildman–Crippen MR) is 91.4 cm³/mol. The SMILES string of the molecule is CC(C)c1ccc(-c2noc(COC(=O)/C=C/c3ccco3)n2)cc1. The Balaban J connectivity index is 1.57. The van der Waals surface area contributed by atoms with Crippen molar-refractivity contribution in [3.8, 4) is 11.4 Å². The molecule has 0 aliphatic carbocycles. The van der Waals surface area contributed by atoms with E-state index in [0.717, 1.165) is 5.56 Å². The van der Waals surface area contributed by atoms with E-state index in [0.29, 0.717) is 17.5 Å². The Labute approximate surface area is 145 Å². The third-order valence-electron chi connectivity index (χ3n) is 3.57. The Morgan fingerprint density at radius 3 is 2.72 bits per heavy atom. The molecule has 0 fully saturated rings. The molecular formula is C19H18N2O4. The topological polar surface area (TPSA) is 78.4 Å². The fourth-order valence-corrected chi connectivity index (χ4v) is 2.17. The van der Waals surface area contributed by atoms with Gasteiger partial charge in [0.15, 0.2) is 6.61 Å². The minimum atomic E-state index is -0.516. The van der Waals surface area contributed by atoms with Crippen molar-refractivity contribution < 1.29 is 18.5 Å². The first-order valence-corrected chi connectivity index (χ1v) is 7.93. The number of carbonyl (C=O) groups is 1. The second-order valence-electron chi connectivity index (χ2n) is 5.74. The molecule has 6 nitrogen and oxygen atoms in total. The molecule has 0 spiro atoms. The molecule has 3 aromatic rings. The average molecular weight is 338 g/mol. The van der Waals surface area contributed by atoms with Gasteiger partial charge < -0.3 is 13.7 Å². The van der Waals surface area contributed by atoms with Crippen LogP contribution in [0.3, 0.4) is 0 Å². The first kappa shape index (κ1) is 16.7. The molecule has 25 heavy (non-hydrogen) atoms. The van der Waals surface area contributed by atoms with Crippen LogP contribution in [-0.4, -0.2) is 16.1 Å². The van der Waals surface area contributed by atoms with Gasteiger partial charge in [0.2, 0.25) is 5.82 Å². The van der Waals surface area contributed by atoms with Crippen molar-refractivity contribution in [3.63, 3.8) is 0 Å². The number of nitrogens with zero attached hydrogens (tertiary/aromatic N) is 2. The summed E-state index contributed by atoms with van der Waals surface area (Å²) in [5, 5.41) is 3.92. The van der Waals surface area contributed by atoms with Crippen LogP contribution in [0.15, 0.2) is 57.7 Å². The van der Waals surface area contributed by atoms with Crippen molar-refractivity contribution >= 4 is 12.0 Å². The molecule has 0 aliphatic heterocycles. The summed E-state index contributed by atoms with van der Waals surface area (Å²) in [6.45, 7) is 4.19. The average Bonchev–Trinajstić information content (AvgIpc) is 3.30. The standard InChI is InChI=1S/C19H18N2O4/c1-13(2)14-5-7-15(8-6-14)19-20-17(25-21-19)12-24-18(22)10-9-16-4-3-11-23-16/h3-11,13H,12H2,1-2H3/b10-9+. The highest BCUT2D eigenvalue weighted by atomic mass is 16.6. The van der Waals surface area contributed by atoms with Crippen LogP contribution in [0.2, 0.25) is 0 Å². The van der Waals surface area contributed by atoms with Gasteiger partial charge in [0.05, 0.1) is 6.26 Å². The Morgan fingerprint density at radius 1 is 1.24 bits per heavy atom. The molecule has 0 bridgehead atoms. The van der Waals surface area contributed by atoms with Gasteiger partial charge in [-0.3, -0.25) is 0 Å². The fraction of sp³-hybridized carbons (Fsp3) is 0.211. The van der Waals surface area contributed by atoms with E-state index in [1.165, 1.54) is 24.0 Å².